The van der Waals surface area contributed by atoms with Gasteiger partial charge in [0.1, 0.15) is 12.4 Å². The molecule has 1 saturated heterocycles. The lowest BCUT2D eigenvalue weighted by atomic mass is 10.1. The predicted molar refractivity (Wildman–Crippen MR) is 130 cm³/mol. The van der Waals surface area contributed by atoms with Gasteiger partial charge in [-0.15, -0.1) is 0 Å². The molecule has 0 aliphatic carbocycles. The number of benzene rings is 2. The van der Waals surface area contributed by atoms with Gasteiger partial charge in [-0.1, -0.05) is 36.4 Å². The van der Waals surface area contributed by atoms with E-state index in [-0.39, 0.29) is 5.91 Å². The molecular formula is C25H32N2O6S. The number of ether oxygens (including phenoxy) is 2. The fraction of sp³-hybridized carbons (Fsp3) is 0.440. The minimum atomic E-state index is -3.51. The Balaban J connectivity index is 1.52. The molecule has 0 radical (unpaired) electrons. The Labute approximate surface area is 201 Å². The number of carbonyl (C=O) groups excluding carboxylic acids is 2. The SMILES string of the molecule is CNC(=O)CS(=O)(=O)C1CCN(C(=O)CCc2ccc(OC)c(OCc3ccccc3)c2)CC1. The molecular weight excluding hydrogens is 456 g/mol. The molecule has 1 heterocycles. The third kappa shape index (κ3) is 6.96. The molecule has 0 bridgehead atoms. The first-order valence-corrected chi connectivity index (χ1v) is 13.1. The minimum absolute atomic E-state index is 0.00952. The Morgan fingerprint density at radius 1 is 1.03 bits per heavy atom. The highest BCUT2D eigenvalue weighted by Gasteiger charge is 2.32. The Hall–Kier alpha value is -3.07. The summed E-state index contributed by atoms with van der Waals surface area (Å²) >= 11 is 0. The summed E-state index contributed by atoms with van der Waals surface area (Å²) < 4.78 is 36.1. The van der Waals surface area contributed by atoms with Gasteiger partial charge >= 0.3 is 0 Å². The van der Waals surface area contributed by atoms with Crippen LogP contribution in [0.1, 0.15) is 30.4 Å². The molecule has 0 atom stereocenters. The van der Waals surface area contributed by atoms with Gasteiger partial charge in [0.2, 0.25) is 11.8 Å². The number of aryl methyl sites for hydroxylation is 1. The van der Waals surface area contributed by atoms with Crippen LogP contribution >= 0.6 is 0 Å². The second-order valence-corrected chi connectivity index (χ2v) is 10.6. The molecule has 1 aliphatic heterocycles. The number of piperidine rings is 1. The number of amides is 2. The number of likely N-dealkylation sites (tertiary alicyclic amines) is 1. The van der Waals surface area contributed by atoms with E-state index in [2.05, 4.69) is 5.32 Å². The Morgan fingerprint density at radius 2 is 1.74 bits per heavy atom. The van der Waals surface area contributed by atoms with Gasteiger partial charge in [0.05, 0.1) is 12.4 Å². The molecule has 184 valence electrons. The standard InChI is InChI=1S/C25H32N2O6S/c1-26-24(28)18-34(30,31)21-12-14-27(15-13-21)25(29)11-9-19-8-10-22(32-2)23(16-19)33-17-20-6-4-3-5-7-20/h3-8,10,16,21H,9,11-15,17-18H2,1-2H3,(H,26,28). The predicted octanol–water partition coefficient (Wildman–Crippen LogP) is 2.36. The summed E-state index contributed by atoms with van der Waals surface area (Å²) in [7, 11) is -0.505. The highest BCUT2D eigenvalue weighted by molar-refractivity contribution is 7.92. The Bertz CT molecular complexity index is 1080. The molecule has 0 aromatic heterocycles. The van der Waals surface area contributed by atoms with E-state index < -0.39 is 26.7 Å². The first kappa shape index (κ1) is 25.6. The maximum atomic E-state index is 12.7. The van der Waals surface area contributed by atoms with Gasteiger partial charge in [-0.05, 0) is 42.5 Å². The molecule has 1 fully saturated rings. The van der Waals surface area contributed by atoms with E-state index in [0.717, 1.165) is 11.1 Å². The minimum Gasteiger partial charge on any atom is -0.493 e. The fourth-order valence-electron chi connectivity index (χ4n) is 3.97. The highest BCUT2D eigenvalue weighted by atomic mass is 32.2. The average Bonchev–Trinajstić information content (AvgIpc) is 2.86. The van der Waals surface area contributed by atoms with Gasteiger partial charge in [-0.3, -0.25) is 9.59 Å². The van der Waals surface area contributed by atoms with E-state index in [1.54, 1.807) is 12.0 Å². The lowest BCUT2D eigenvalue weighted by Gasteiger charge is -2.31. The molecule has 1 N–H and O–H groups in total. The van der Waals surface area contributed by atoms with Crippen LogP contribution in [-0.4, -0.2) is 63.4 Å². The normalized spacial score (nSPS) is 14.5. The molecule has 9 heteroatoms. The molecule has 1 aliphatic rings. The average molecular weight is 489 g/mol. The molecule has 2 aromatic rings. The van der Waals surface area contributed by atoms with Crippen molar-refractivity contribution in [3.63, 3.8) is 0 Å². The van der Waals surface area contributed by atoms with Crippen LogP contribution in [0.25, 0.3) is 0 Å². The number of methoxy groups -OCH3 is 1. The molecule has 34 heavy (non-hydrogen) atoms. The molecule has 8 nitrogen and oxygen atoms in total. The lowest BCUT2D eigenvalue weighted by Crippen LogP contribution is -2.44. The Morgan fingerprint density at radius 3 is 2.38 bits per heavy atom. The van der Waals surface area contributed by atoms with Crippen LogP contribution in [-0.2, 0) is 32.5 Å². The van der Waals surface area contributed by atoms with Crippen molar-refractivity contribution in [2.24, 2.45) is 0 Å². The molecule has 2 amide bonds. The van der Waals surface area contributed by atoms with Crippen molar-refractivity contribution in [1.82, 2.24) is 10.2 Å². The van der Waals surface area contributed by atoms with Crippen LogP contribution in [0.15, 0.2) is 48.5 Å². The zero-order chi connectivity index (χ0) is 24.6. The van der Waals surface area contributed by atoms with Crippen molar-refractivity contribution in [1.29, 1.82) is 0 Å². The number of carbonyl (C=O) groups is 2. The summed E-state index contributed by atoms with van der Waals surface area (Å²) in [6, 6.07) is 15.5. The second-order valence-electron chi connectivity index (χ2n) is 8.32. The van der Waals surface area contributed by atoms with Gasteiger partial charge in [0, 0.05) is 26.6 Å². The van der Waals surface area contributed by atoms with Crippen LogP contribution in [0.2, 0.25) is 0 Å². The third-order valence-electron chi connectivity index (χ3n) is 6.01. The number of hydrogen-bond acceptors (Lipinski definition) is 6. The van der Waals surface area contributed by atoms with E-state index in [1.807, 2.05) is 48.5 Å². The van der Waals surface area contributed by atoms with Crippen molar-refractivity contribution in [2.75, 3.05) is 33.0 Å². The van der Waals surface area contributed by atoms with Crippen LogP contribution < -0.4 is 14.8 Å². The van der Waals surface area contributed by atoms with Gasteiger partial charge in [0.25, 0.3) is 0 Å². The van der Waals surface area contributed by atoms with Crippen LogP contribution in [0.5, 0.6) is 11.5 Å². The van der Waals surface area contributed by atoms with Crippen LogP contribution in [0.3, 0.4) is 0 Å². The quantitative estimate of drug-likeness (QED) is 0.551. The third-order valence-corrected chi connectivity index (χ3v) is 8.16. The van der Waals surface area contributed by atoms with Crippen molar-refractivity contribution in [3.05, 3.63) is 59.7 Å². The monoisotopic (exact) mass is 488 g/mol. The summed E-state index contributed by atoms with van der Waals surface area (Å²) in [4.78, 5) is 25.9. The van der Waals surface area contributed by atoms with E-state index >= 15 is 0 Å². The fourth-order valence-corrected chi connectivity index (χ4v) is 5.65. The maximum Gasteiger partial charge on any atom is 0.234 e. The number of sulfone groups is 1. The zero-order valence-electron chi connectivity index (χ0n) is 19.7. The molecule has 0 unspecified atom stereocenters. The first-order chi connectivity index (χ1) is 16.3. The lowest BCUT2D eigenvalue weighted by molar-refractivity contribution is -0.132. The van der Waals surface area contributed by atoms with Crippen molar-refractivity contribution >= 4 is 21.7 Å². The van der Waals surface area contributed by atoms with Gasteiger partial charge in [0.15, 0.2) is 21.3 Å². The van der Waals surface area contributed by atoms with E-state index in [4.69, 9.17) is 9.47 Å². The summed E-state index contributed by atoms with van der Waals surface area (Å²) in [6.45, 7) is 1.17. The van der Waals surface area contributed by atoms with E-state index in [1.165, 1.54) is 7.05 Å². The summed E-state index contributed by atoms with van der Waals surface area (Å²) in [6.07, 6.45) is 1.57. The van der Waals surface area contributed by atoms with E-state index in [9.17, 15) is 18.0 Å². The van der Waals surface area contributed by atoms with Crippen molar-refractivity contribution < 1.29 is 27.5 Å². The number of hydrogen-bond donors (Lipinski definition) is 1. The second kappa shape index (κ2) is 11.9. The summed E-state index contributed by atoms with van der Waals surface area (Å²) in [5.74, 6) is 0.230. The first-order valence-electron chi connectivity index (χ1n) is 11.4. The molecule has 0 saturated carbocycles. The summed E-state index contributed by atoms with van der Waals surface area (Å²) in [5.41, 5.74) is 2.01. The largest absolute Gasteiger partial charge is 0.493 e. The van der Waals surface area contributed by atoms with Gasteiger partial charge < -0.3 is 19.7 Å². The summed E-state index contributed by atoms with van der Waals surface area (Å²) in [5, 5.41) is 1.76. The topological polar surface area (TPSA) is 102 Å². The highest BCUT2D eigenvalue weighted by Crippen LogP contribution is 2.29. The molecule has 2 aromatic carbocycles. The van der Waals surface area contributed by atoms with Crippen molar-refractivity contribution in [3.8, 4) is 11.5 Å². The van der Waals surface area contributed by atoms with E-state index in [0.29, 0.717) is 56.9 Å². The van der Waals surface area contributed by atoms with Crippen LogP contribution in [0.4, 0.5) is 0 Å². The number of nitrogens with zero attached hydrogens (tertiary/aromatic N) is 1. The number of nitrogens with one attached hydrogen (secondary N) is 1. The van der Waals surface area contributed by atoms with Gasteiger partial charge in [-0.2, -0.15) is 0 Å². The van der Waals surface area contributed by atoms with Gasteiger partial charge in [-0.25, -0.2) is 8.42 Å². The maximum absolute atomic E-state index is 12.7. The smallest absolute Gasteiger partial charge is 0.234 e. The Kier molecular flexibility index (Phi) is 8.92. The zero-order valence-corrected chi connectivity index (χ0v) is 20.5. The van der Waals surface area contributed by atoms with Crippen molar-refractivity contribution in [2.45, 2.75) is 37.5 Å². The number of rotatable bonds is 10. The molecule has 0 spiro atoms. The van der Waals surface area contributed by atoms with Crippen LogP contribution in [0, 0.1) is 0 Å². The molecule has 3 rings (SSSR count).